The highest BCUT2D eigenvalue weighted by Crippen LogP contribution is 2.33. The number of carbonyl (C=O) groups is 1. The summed E-state index contributed by atoms with van der Waals surface area (Å²) in [6.07, 6.45) is 6.53. The van der Waals surface area contributed by atoms with E-state index < -0.39 is 6.04 Å². The van der Waals surface area contributed by atoms with E-state index >= 15 is 0 Å². The molecule has 2 aromatic rings. The van der Waals surface area contributed by atoms with Crippen molar-refractivity contribution < 1.29 is 9.18 Å². The molecule has 2 aromatic carbocycles. The van der Waals surface area contributed by atoms with Gasteiger partial charge in [-0.1, -0.05) is 43.3 Å². The lowest BCUT2D eigenvalue weighted by Gasteiger charge is -2.37. The van der Waals surface area contributed by atoms with Crippen molar-refractivity contribution in [3.8, 4) is 0 Å². The molecule has 3 aliphatic heterocycles. The van der Waals surface area contributed by atoms with Crippen LogP contribution in [0.2, 0.25) is 0 Å². The number of fused-ring (bicyclic) bond motifs is 1. The van der Waals surface area contributed by atoms with Crippen LogP contribution < -0.4 is 10.2 Å². The second-order valence-corrected chi connectivity index (χ2v) is 8.93. The highest BCUT2D eigenvalue weighted by Gasteiger charge is 2.37. The number of benzene rings is 2. The van der Waals surface area contributed by atoms with Crippen molar-refractivity contribution in [3.63, 3.8) is 0 Å². The third-order valence-electron chi connectivity index (χ3n) is 6.91. The molecule has 2 atom stereocenters. The van der Waals surface area contributed by atoms with E-state index in [0.717, 1.165) is 25.3 Å². The van der Waals surface area contributed by atoms with Crippen molar-refractivity contribution in [2.24, 2.45) is 9.98 Å². The van der Waals surface area contributed by atoms with Gasteiger partial charge in [-0.15, -0.1) is 0 Å². The Bertz CT molecular complexity index is 1150. The Kier molecular flexibility index (Phi) is 6.90. The maximum absolute atomic E-state index is 14.7. The predicted octanol–water partition coefficient (Wildman–Crippen LogP) is 3.35. The van der Waals surface area contributed by atoms with Crippen molar-refractivity contribution in [3.05, 3.63) is 77.9 Å². The number of aliphatic imine (C=N–C) groups is 2. The van der Waals surface area contributed by atoms with E-state index in [4.69, 9.17) is 4.99 Å². The molecule has 1 saturated heterocycles. The van der Waals surface area contributed by atoms with Gasteiger partial charge in [0.15, 0.2) is 0 Å². The number of piperazine rings is 1. The van der Waals surface area contributed by atoms with Gasteiger partial charge in [0.2, 0.25) is 5.91 Å². The van der Waals surface area contributed by atoms with Crippen LogP contribution in [0.4, 0.5) is 10.1 Å². The molecule has 0 aliphatic carbocycles. The van der Waals surface area contributed by atoms with Crippen LogP contribution in [0.25, 0.3) is 0 Å². The summed E-state index contributed by atoms with van der Waals surface area (Å²) in [5.41, 5.74) is 3.12. The smallest absolute Gasteiger partial charge is 0.236 e. The van der Waals surface area contributed by atoms with Crippen LogP contribution in [0.5, 0.6) is 0 Å². The average Bonchev–Trinajstić information content (AvgIpc) is 3.07. The molecule has 8 heteroatoms. The minimum Gasteiger partial charge on any atom is -0.368 e. The first-order valence-electron chi connectivity index (χ1n) is 12.3. The fourth-order valence-corrected chi connectivity index (χ4v) is 5.04. The number of nitrogens with zero attached hydrogens (tertiary/aromatic N) is 5. The molecule has 3 aliphatic rings. The summed E-state index contributed by atoms with van der Waals surface area (Å²) in [5, 5.41) is 3.38. The lowest BCUT2D eigenvalue weighted by atomic mass is 10.0. The first-order chi connectivity index (χ1) is 17.2. The molecule has 1 amide bonds. The maximum Gasteiger partial charge on any atom is 0.236 e. The van der Waals surface area contributed by atoms with Crippen LogP contribution >= 0.6 is 0 Å². The van der Waals surface area contributed by atoms with Gasteiger partial charge in [0, 0.05) is 62.5 Å². The van der Waals surface area contributed by atoms with E-state index in [9.17, 15) is 9.18 Å². The number of nitrogens with one attached hydrogen (secondary N) is 1. The zero-order chi connectivity index (χ0) is 24.2. The summed E-state index contributed by atoms with van der Waals surface area (Å²) >= 11 is 0. The molecule has 35 heavy (non-hydrogen) atoms. The average molecular weight is 475 g/mol. The summed E-state index contributed by atoms with van der Waals surface area (Å²) in [6, 6.07) is 14.7. The first kappa shape index (κ1) is 23.2. The third kappa shape index (κ3) is 4.84. The Morgan fingerprint density at radius 3 is 2.66 bits per heavy atom. The van der Waals surface area contributed by atoms with E-state index in [1.54, 1.807) is 24.5 Å². The number of para-hydroxylation sites is 1. The topological polar surface area (TPSA) is 63.5 Å². The Morgan fingerprint density at radius 1 is 1.09 bits per heavy atom. The van der Waals surface area contributed by atoms with E-state index in [0.29, 0.717) is 25.1 Å². The number of amidine groups is 1. The molecule has 0 aromatic heterocycles. The van der Waals surface area contributed by atoms with Crippen LogP contribution in [0.1, 0.15) is 30.5 Å². The highest BCUT2D eigenvalue weighted by atomic mass is 19.1. The molecule has 1 N–H and O–H groups in total. The number of rotatable bonds is 6. The number of amides is 1. The van der Waals surface area contributed by atoms with E-state index in [1.165, 1.54) is 17.3 Å². The molecule has 0 radical (unpaired) electrons. The SMILES string of the molecule is CCc1ccccc1N1CCN(C(=O)CNC2C(c3ccccc3F)N=C3CC=NC=CN32)CC1. The van der Waals surface area contributed by atoms with Crippen LogP contribution in [-0.2, 0) is 11.2 Å². The lowest BCUT2D eigenvalue weighted by molar-refractivity contribution is -0.130. The van der Waals surface area contributed by atoms with Gasteiger partial charge in [-0.2, -0.15) is 0 Å². The van der Waals surface area contributed by atoms with Crippen molar-refractivity contribution >= 4 is 23.6 Å². The molecule has 0 saturated carbocycles. The maximum atomic E-state index is 14.7. The molecule has 0 bridgehead atoms. The second-order valence-electron chi connectivity index (χ2n) is 8.93. The number of hydrogen-bond acceptors (Lipinski definition) is 6. The predicted molar refractivity (Wildman–Crippen MR) is 137 cm³/mol. The normalized spacial score (nSPS) is 21.7. The minimum atomic E-state index is -0.447. The quantitative estimate of drug-likeness (QED) is 0.698. The monoisotopic (exact) mass is 474 g/mol. The van der Waals surface area contributed by atoms with Crippen molar-refractivity contribution in [2.45, 2.75) is 32.0 Å². The standard InChI is InChI=1S/C27H31FN6O/c1-2-20-7-3-6-10-23(20)32-15-17-33(18-16-32)25(35)19-30-27-26(21-8-4-5-9-22(21)28)31-24-11-12-29-13-14-34(24)27/h3-10,12-14,26-27,30H,2,11,15-19H2,1H3. The number of hydrogen-bond donors (Lipinski definition) is 1. The minimum absolute atomic E-state index is 0.0456. The fourth-order valence-electron chi connectivity index (χ4n) is 5.04. The zero-order valence-corrected chi connectivity index (χ0v) is 20.0. The van der Waals surface area contributed by atoms with Crippen LogP contribution in [0.15, 0.2) is 70.9 Å². The lowest BCUT2D eigenvalue weighted by Crippen LogP contribution is -2.53. The molecule has 1 fully saturated rings. The van der Waals surface area contributed by atoms with E-state index in [-0.39, 0.29) is 24.4 Å². The molecule has 7 nitrogen and oxygen atoms in total. The highest BCUT2D eigenvalue weighted by molar-refractivity contribution is 5.96. The summed E-state index contributed by atoms with van der Waals surface area (Å²) < 4.78 is 14.7. The molecular weight excluding hydrogens is 443 g/mol. The number of carbonyl (C=O) groups excluding carboxylic acids is 1. The number of aryl methyl sites for hydroxylation is 1. The Hall–Kier alpha value is -3.52. The van der Waals surface area contributed by atoms with Gasteiger partial charge in [0.05, 0.1) is 6.54 Å². The van der Waals surface area contributed by atoms with E-state index in [1.807, 2.05) is 22.1 Å². The Balaban J connectivity index is 1.24. The van der Waals surface area contributed by atoms with Crippen molar-refractivity contribution in [1.29, 1.82) is 0 Å². The third-order valence-corrected chi connectivity index (χ3v) is 6.91. The zero-order valence-electron chi connectivity index (χ0n) is 20.0. The summed E-state index contributed by atoms with van der Waals surface area (Å²) in [5.74, 6) is 0.562. The van der Waals surface area contributed by atoms with Gasteiger partial charge in [-0.3, -0.25) is 20.1 Å². The number of anilines is 1. The molecule has 0 spiro atoms. The summed E-state index contributed by atoms with van der Waals surface area (Å²) in [7, 11) is 0. The Labute approximate surface area is 205 Å². The van der Waals surface area contributed by atoms with Gasteiger partial charge >= 0.3 is 0 Å². The molecule has 182 valence electrons. The second kappa shape index (κ2) is 10.4. The fraction of sp³-hybridized carbons (Fsp3) is 0.370. The van der Waals surface area contributed by atoms with E-state index in [2.05, 4.69) is 46.4 Å². The number of halogens is 1. The van der Waals surface area contributed by atoms with Gasteiger partial charge < -0.3 is 14.7 Å². The van der Waals surface area contributed by atoms with Gasteiger partial charge in [0.1, 0.15) is 23.9 Å². The first-order valence-corrected chi connectivity index (χ1v) is 12.3. The van der Waals surface area contributed by atoms with Crippen molar-refractivity contribution in [1.82, 2.24) is 15.1 Å². The summed E-state index contributed by atoms with van der Waals surface area (Å²) in [4.78, 5) is 28.4. The molecule has 3 heterocycles. The molecule has 2 unspecified atom stereocenters. The molecular formula is C27H31FN6O. The largest absolute Gasteiger partial charge is 0.368 e. The van der Waals surface area contributed by atoms with Crippen LogP contribution in [0.3, 0.4) is 0 Å². The van der Waals surface area contributed by atoms with Gasteiger partial charge in [-0.05, 0) is 24.1 Å². The summed E-state index contributed by atoms with van der Waals surface area (Å²) in [6.45, 7) is 5.31. The van der Waals surface area contributed by atoms with Crippen LogP contribution in [0, 0.1) is 5.82 Å². The van der Waals surface area contributed by atoms with Gasteiger partial charge in [-0.25, -0.2) is 4.39 Å². The molecule has 5 rings (SSSR count). The van der Waals surface area contributed by atoms with Gasteiger partial charge in [0.25, 0.3) is 0 Å². The van der Waals surface area contributed by atoms with Crippen molar-refractivity contribution in [2.75, 3.05) is 37.6 Å². The van der Waals surface area contributed by atoms with Crippen LogP contribution in [-0.4, -0.2) is 66.6 Å². The Morgan fingerprint density at radius 2 is 1.86 bits per heavy atom.